The first-order chi connectivity index (χ1) is 12.1. The fourth-order valence-electron chi connectivity index (χ4n) is 3.06. The predicted molar refractivity (Wildman–Crippen MR) is 89.1 cm³/mol. The third-order valence-corrected chi connectivity index (χ3v) is 4.28. The summed E-state index contributed by atoms with van der Waals surface area (Å²) in [5, 5.41) is 9.72. The molecular formula is C17H19FN4O3. The standard InChI is InChI=1S/C17H19FN4O3/c1-25-14-10-12(18)2-3-13(14)16(17(23)24)22-8-6-21(7-9-22)15-11-19-4-5-20-15/h2-5,10-11,16H,6-9H2,1H3,(H,23,24)/t16-/m1/s1. The molecule has 0 amide bonds. The van der Waals surface area contributed by atoms with Gasteiger partial charge in [-0.25, -0.2) is 9.37 Å². The van der Waals surface area contributed by atoms with Crippen molar-refractivity contribution in [3.05, 3.63) is 48.2 Å². The van der Waals surface area contributed by atoms with Gasteiger partial charge in [-0.1, -0.05) is 6.07 Å². The number of aliphatic carboxylic acids is 1. The molecule has 8 heteroatoms. The molecule has 7 nitrogen and oxygen atoms in total. The summed E-state index contributed by atoms with van der Waals surface area (Å²) in [4.78, 5) is 24.1. The molecule has 0 unspecified atom stereocenters. The number of carbonyl (C=O) groups is 1. The number of hydrogen-bond acceptors (Lipinski definition) is 6. The highest BCUT2D eigenvalue weighted by molar-refractivity contribution is 5.76. The van der Waals surface area contributed by atoms with Gasteiger partial charge in [0, 0.05) is 50.2 Å². The summed E-state index contributed by atoms with van der Waals surface area (Å²) in [5.74, 6) is -0.438. The van der Waals surface area contributed by atoms with E-state index in [0.29, 0.717) is 31.7 Å². The molecule has 1 saturated heterocycles. The highest BCUT2D eigenvalue weighted by atomic mass is 19.1. The van der Waals surface area contributed by atoms with E-state index in [-0.39, 0.29) is 5.75 Å². The number of benzene rings is 1. The molecule has 1 atom stereocenters. The number of hydrogen-bond donors (Lipinski definition) is 1. The number of rotatable bonds is 5. The van der Waals surface area contributed by atoms with Crippen molar-refractivity contribution < 1.29 is 19.0 Å². The number of ether oxygens (including phenoxy) is 1. The second-order valence-corrected chi connectivity index (χ2v) is 5.71. The Kier molecular flexibility index (Phi) is 5.08. The van der Waals surface area contributed by atoms with Crippen LogP contribution >= 0.6 is 0 Å². The van der Waals surface area contributed by atoms with Crippen LogP contribution in [0.25, 0.3) is 0 Å². The maximum atomic E-state index is 13.4. The van der Waals surface area contributed by atoms with Gasteiger partial charge in [-0.05, 0) is 6.07 Å². The number of nitrogens with zero attached hydrogens (tertiary/aromatic N) is 4. The van der Waals surface area contributed by atoms with Crippen LogP contribution in [-0.2, 0) is 4.79 Å². The molecule has 0 radical (unpaired) electrons. The second-order valence-electron chi connectivity index (χ2n) is 5.71. The van der Waals surface area contributed by atoms with Crippen LogP contribution in [0, 0.1) is 5.82 Å². The van der Waals surface area contributed by atoms with Crippen molar-refractivity contribution in [1.29, 1.82) is 0 Å². The van der Waals surface area contributed by atoms with Gasteiger partial charge in [0.2, 0.25) is 0 Å². The minimum atomic E-state index is -0.988. The van der Waals surface area contributed by atoms with E-state index in [9.17, 15) is 14.3 Å². The maximum absolute atomic E-state index is 13.4. The summed E-state index contributed by atoms with van der Waals surface area (Å²) in [6.45, 7) is 2.33. The minimum absolute atomic E-state index is 0.240. The number of carboxylic acids is 1. The quantitative estimate of drug-likeness (QED) is 0.880. The van der Waals surface area contributed by atoms with Crippen LogP contribution in [0.2, 0.25) is 0 Å². The van der Waals surface area contributed by atoms with Gasteiger partial charge in [0.25, 0.3) is 0 Å². The molecule has 2 aromatic rings. The molecule has 1 aromatic heterocycles. The van der Waals surface area contributed by atoms with Crippen LogP contribution in [0.3, 0.4) is 0 Å². The van der Waals surface area contributed by atoms with E-state index in [0.717, 1.165) is 5.82 Å². The summed E-state index contributed by atoms with van der Waals surface area (Å²) < 4.78 is 18.6. The summed E-state index contributed by atoms with van der Waals surface area (Å²) in [6.07, 6.45) is 4.93. The minimum Gasteiger partial charge on any atom is -0.496 e. The molecule has 1 fully saturated rings. The van der Waals surface area contributed by atoms with Gasteiger partial charge < -0.3 is 14.7 Å². The van der Waals surface area contributed by atoms with Gasteiger partial charge in [0.15, 0.2) is 0 Å². The summed E-state index contributed by atoms with van der Waals surface area (Å²) >= 11 is 0. The number of methoxy groups -OCH3 is 1. The average molecular weight is 346 g/mol. The molecule has 1 aliphatic heterocycles. The molecular weight excluding hydrogens is 327 g/mol. The Balaban J connectivity index is 1.78. The Morgan fingerprint density at radius 3 is 2.64 bits per heavy atom. The monoisotopic (exact) mass is 346 g/mol. The van der Waals surface area contributed by atoms with Crippen molar-refractivity contribution in [2.24, 2.45) is 0 Å². The van der Waals surface area contributed by atoms with Crippen molar-refractivity contribution in [3.8, 4) is 5.75 Å². The normalized spacial score (nSPS) is 16.5. The molecule has 0 spiro atoms. The lowest BCUT2D eigenvalue weighted by atomic mass is 10.0. The number of piperazine rings is 1. The predicted octanol–water partition coefficient (Wildman–Crippen LogP) is 1.57. The number of halogens is 1. The Morgan fingerprint density at radius 1 is 1.28 bits per heavy atom. The van der Waals surface area contributed by atoms with Crippen molar-refractivity contribution >= 4 is 11.8 Å². The molecule has 1 aliphatic rings. The topological polar surface area (TPSA) is 78.8 Å². The molecule has 25 heavy (non-hydrogen) atoms. The van der Waals surface area contributed by atoms with E-state index in [4.69, 9.17) is 4.74 Å². The maximum Gasteiger partial charge on any atom is 0.325 e. The van der Waals surface area contributed by atoms with Crippen LogP contribution in [0.15, 0.2) is 36.8 Å². The van der Waals surface area contributed by atoms with E-state index in [1.165, 1.54) is 25.3 Å². The number of aromatic nitrogens is 2. The number of anilines is 1. The molecule has 2 heterocycles. The van der Waals surface area contributed by atoms with Crippen molar-refractivity contribution in [1.82, 2.24) is 14.9 Å². The van der Waals surface area contributed by atoms with E-state index >= 15 is 0 Å². The molecule has 0 bridgehead atoms. The first kappa shape index (κ1) is 17.1. The third-order valence-electron chi connectivity index (χ3n) is 4.28. The smallest absolute Gasteiger partial charge is 0.325 e. The molecule has 3 rings (SSSR count). The van der Waals surface area contributed by atoms with Gasteiger partial charge in [-0.2, -0.15) is 0 Å². The van der Waals surface area contributed by atoms with Crippen LogP contribution in [0.5, 0.6) is 5.75 Å². The average Bonchev–Trinajstić information content (AvgIpc) is 2.64. The fraction of sp³-hybridized carbons (Fsp3) is 0.353. The van der Waals surface area contributed by atoms with Gasteiger partial charge in [-0.15, -0.1) is 0 Å². The Morgan fingerprint density at radius 2 is 2.04 bits per heavy atom. The van der Waals surface area contributed by atoms with E-state index in [1.807, 2.05) is 4.90 Å². The molecule has 0 saturated carbocycles. The zero-order valence-corrected chi connectivity index (χ0v) is 13.8. The lowest BCUT2D eigenvalue weighted by Crippen LogP contribution is -2.49. The zero-order valence-electron chi connectivity index (χ0n) is 13.8. The lowest BCUT2D eigenvalue weighted by molar-refractivity contribution is -0.143. The third kappa shape index (κ3) is 3.69. The van der Waals surface area contributed by atoms with Crippen LogP contribution in [0.1, 0.15) is 11.6 Å². The van der Waals surface area contributed by atoms with Gasteiger partial charge in [0.1, 0.15) is 23.4 Å². The van der Waals surface area contributed by atoms with Gasteiger partial charge >= 0.3 is 5.97 Å². The summed E-state index contributed by atoms with van der Waals surface area (Å²) in [5.41, 5.74) is 0.448. The summed E-state index contributed by atoms with van der Waals surface area (Å²) in [6, 6.07) is 3.05. The fourth-order valence-corrected chi connectivity index (χ4v) is 3.06. The largest absolute Gasteiger partial charge is 0.496 e. The van der Waals surface area contributed by atoms with Crippen molar-refractivity contribution in [2.45, 2.75) is 6.04 Å². The zero-order chi connectivity index (χ0) is 17.8. The Hall–Kier alpha value is -2.74. The lowest BCUT2D eigenvalue weighted by Gasteiger charge is -2.38. The molecule has 0 aliphatic carbocycles. The first-order valence-corrected chi connectivity index (χ1v) is 7.91. The van der Waals surface area contributed by atoms with E-state index in [1.54, 1.807) is 18.6 Å². The SMILES string of the molecule is COc1cc(F)ccc1[C@H](C(=O)O)N1CCN(c2cnccn2)CC1. The molecule has 1 aromatic carbocycles. The molecule has 1 N–H and O–H groups in total. The van der Waals surface area contributed by atoms with Crippen LogP contribution < -0.4 is 9.64 Å². The highest BCUT2D eigenvalue weighted by Crippen LogP contribution is 2.31. The van der Waals surface area contributed by atoms with Gasteiger partial charge in [-0.3, -0.25) is 14.7 Å². The highest BCUT2D eigenvalue weighted by Gasteiger charge is 2.32. The van der Waals surface area contributed by atoms with E-state index < -0.39 is 17.8 Å². The second kappa shape index (κ2) is 7.43. The summed E-state index contributed by atoms with van der Waals surface area (Å²) in [7, 11) is 1.41. The van der Waals surface area contributed by atoms with Crippen molar-refractivity contribution in [3.63, 3.8) is 0 Å². The van der Waals surface area contributed by atoms with Crippen LogP contribution in [0.4, 0.5) is 10.2 Å². The first-order valence-electron chi connectivity index (χ1n) is 7.91. The van der Waals surface area contributed by atoms with Crippen LogP contribution in [-0.4, -0.2) is 59.2 Å². The van der Waals surface area contributed by atoms with Crippen molar-refractivity contribution in [2.75, 3.05) is 38.2 Å². The Labute approximate surface area is 144 Å². The van der Waals surface area contributed by atoms with E-state index in [2.05, 4.69) is 14.9 Å². The molecule has 132 valence electrons. The number of carboxylic acid groups (broad SMARTS) is 1. The Bertz CT molecular complexity index is 736. The van der Waals surface area contributed by atoms with Gasteiger partial charge in [0.05, 0.1) is 13.3 Å².